The molecule has 0 bridgehead atoms. The molecule has 1 aromatic carbocycles. The van der Waals surface area contributed by atoms with E-state index in [1.807, 2.05) is 0 Å². The summed E-state index contributed by atoms with van der Waals surface area (Å²) in [6.07, 6.45) is 1.42. The number of benzene rings is 1. The van der Waals surface area contributed by atoms with Gasteiger partial charge in [0.05, 0.1) is 4.92 Å². The SMILES string of the molecule is O=[N+]([O-])c1cc(CCO)ccc1CCCO. The highest BCUT2D eigenvalue weighted by Crippen LogP contribution is 2.21. The van der Waals surface area contributed by atoms with Gasteiger partial charge in [-0.05, 0) is 24.8 Å². The number of nitro groups is 1. The Labute approximate surface area is 93.5 Å². The third-order valence-corrected chi connectivity index (χ3v) is 2.35. The van der Waals surface area contributed by atoms with Crippen LogP contribution in [0.2, 0.25) is 0 Å². The molecule has 0 heterocycles. The van der Waals surface area contributed by atoms with Gasteiger partial charge >= 0.3 is 0 Å². The van der Waals surface area contributed by atoms with Crippen LogP contribution in [0.1, 0.15) is 17.5 Å². The molecule has 16 heavy (non-hydrogen) atoms. The zero-order chi connectivity index (χ0) is 12.0. The molecule has 0 aromatic heterocycles. The number of aliphatic hydroxyl groups excluding tert-OH is 2. The van der Waals surface area contributed by atoms with Gasteiger partial charge in [-0.3, -0.25) is 10.1 Å². The van der Waals surface area contributed by atoms with Crippen molar-refractivity contribution < 1.29 is 15.1 Å². The lowest BCUT2D eigenvalue weighted by Gasteiger charge is -2.04. The number of nitrogens with zero attached hydrogens (tertiary/aromatic N) is 1. The fourth-order valence-electron chi connectivity index (χ4n) is 1.54. The van der Waals surface area contributed by atoms with Crippen LogP contribution in [-0.4, -0.2) is 28.4 Å². The average Bonchev–Trinajstić information content (AvgIpc) is 2.27. The van der Waals surface area contributed by atoms with Crippen molar-refractivity contribution in [3.05, 3.63) is 39.4 Å². The van der Waals surface area contributed by atoms with Crippen LogP contribution >= 0.6 is 0 Å². The molecule has 0 aliphatic rings. The first-order valence-corrected chi connectivity index (χ1v) is 5.17. The van der Waals surface area contributed by atoms with Crippen molar-refractivity contribution >= 4 is 5.69 Å². The Balaban J connectivity index is 2.94. The molecule has 0 fully saturated rings. The van der Waals surface area contributed by atoms with E-state index in [9.17, 15) is 10.1 Å². The topological polar surface area (TPSA) is 83.6 Å². The average molecular weight is 225 g/mol. The Bertz CT molecular complexity index is 365. The van der Waals surface area contributed by atoms with Crippen molar-refractivity contribution in [2.24, 2.45) is 0 Å². The summed E-state index contributed by atoms with van der Waals surface area (Å²) >= 11 is 0. The van der Waals surface area contributed by atoms with E-state index >= 15 is 0 Å². The number of aryl methyl sites for hydroxylation is 1. The van der Waals surface area contributed by atoms with E-state index in [2.05, 4.69) is 0 Å². The van der Waals surface area contributed by atoms with Crippen LogP contribution in [0, 0.1) is 10.1 Å². The highest BCUT2D eigenvalue weighted by molar-refractivity contribution is 5.43. The Morgan fingerprint density at radius 2 is 1.94 bits per heavy atom. The van der Waals surface area contributed by atoms with E-state index in [-0.39, 0.29) is 18.9 Å². The summed E-state index contributed by atoms with van der Waals surface area (Å²) in [6, 6.07) is 4.96. The van der Waals surface area contributed by atoms with E-state index in [1.165, 1.54) is 6.07 Å². The number of aliphatic hydroxyl groups is 2. The van der Waals surface area contributed by atoms with E-state index in [1.54, 1.807) is 12.1 Å². The zero-order valence-corrected chi connectivity index (χ0v) is 8.93. The first kappa shape index (κ1) is 12.6. The Kier molecular flexibility index (Phi) is 4.88. The largest absolute Gasteiger partial charge is 0.396 e. The van der Waals surface area contributed by atoms with Crippen LogP contribution in [-0.2, 0) is 12.8 Å². The molecule has 5 nitrogen and oxygen atoms in total. The Morgan fingerprint density at radius 3 is 2.50 bits per heavy atom. The van der Waals surface area contributed by atoms with E-state index < -0.39 is 4.92 Å². The van der Waals surface area contributed by atoms with Crippen molar-refractivity contribution in [3.8, 4) is 0 Å². The van der Waals surface area contributed by atoms with Gasteiger partial charge < -0.3 is 10.2 Å². The lowest BCUT2D eigenvalue weighted by molar-refractivity contribution is -0.385. The quantitative estimate of drug-likeness (QED) is 0.560. The summed E-state index contributed by atoms with van der Waals surface area (Å²) in [5, 5.41) is 28.3. The second-order valence-corrected chi connectivity index (χ2v) is 3.52. The van der Waals surface area contributed by atoms with Crippen molar-refractivity contribution in [1.29, 1.82) is 0 Å². The summed E-state index contributed by atoms with van der Waals surface area (Å²) in [7, 11) is 0. The number of rotatable bonds is 6. The van der Waals surface area contributed by atoms with Gasteiger partial charge in [-0.15, -0.1) is 0 Å². The van der Waals surface area contributed by atoms with Crippen molar-refractivity contribution in [3.63, 3.8) is 0 Å². The van der Waals surface area contributed by atoms with Gasteiger partial charge in [-0.25, -0.2) is 0 Å². The second-order valence-electron chi connectivity index (χ2n) is 3.52. The summed E-state index contributed by atoms with van der Waals surface area (Å²) in [5.74, 6) is 0. The van der Waals surface area contributed by atoms with Gasteiger partial charge in [0.2, 0.25) is 0 Å². The molecule has 0 atom stereocenters. The van der Waals surface area contributed by atoms with Crippen molar-refractivity contribution in [1.82, 2.24) is 0 Å². The fraction of sp³-hybridized carbons (Fsp3) is 0.455. The molecule has 0 unspecified atom stereocenters. The zero-order valence-electron chi connectivity index (χ0n) is 8.93. The van der Waals surface area contributed by atoms with Crippen molar-refractivity contribution in [2.75, 3.05) is 13.2 Å². The lowest BCUT2D eigenvalue weighted by atomic mass is 10.0. The summed E-state index contributed by atoms with van der Waals surface area (Å²) in [4.78, 5) is 10.4. The molecule has 1 rings (SSSR count). The van der Waals surface area contributed by atoms with Crippen LogP contribution in [0.4, 0.5) is 5.69 Å². The molecule has 0 aliphatic carbocycles. The predicted octanol–water partition coefficient (Wildman–Crippen LogP) is 1.05. The molecule has 0 aliphatic heterocycles. The molecular formula is C11H15NO4. The minimum Gasteiger partial charge on any atom is -0.396 e. The molecular weight excluding hydrogens is 210 g/mol. The molecule has 0 saturated carbocycles. The van der Waals surface area contributed by atoms with E-state index in [0.717, 1.165) is 5.56 Å². The van der Waals surface area contributed by atoms with Crippen LogP contribution < -0.4 is 0 Å². The minimum atomic E-state index is -0.423. The summed E-state index contributed by atoms with van der Waals surface area (Å²) in [5.41, 5.74) is 1.45. The third kappa shape index (κ3) is 3.29. The highest BCUT2D eigenvalue weighted by atomic mass is 16.6. The van der Waals surface area contributed by atoms with E-state index in [0.29, 0.717) is 24.8 Å². The lowest BCUT2D eigenvalue weighted by Crippen LogP contribution is -2.00. The first-order valence-electron chi connectivity index (χ1n) is 5.17. The van der Waals surface area contributed by atoms with Crippen LogP contribution in [0.5, 0.6) is 0 Å². The molecule has 5 heteroatoms. The Hall–Kier alpha value is -1.46. The maximum atomic E-state index is 10.8. The van der Waals surface area contributed by atoms with Gasteiger partial charge in [0.25, 0.3) is 5.69 Å². The third-order valence-electron chi connectivity index (χ3n) is 2.35. The Morgan fingerprint density at radius 1 is 1.19 bits per heavy atom. The summed E-state index contributed by atoms with van der Waals surface area (Å²) < 4.78 is 0. The van der Waals surface area contributed by atoms with Gasteiger partial charge in [0, 0.05) is 24.8 Å². The smallest absolute Gasteiger partial charge is 0.272 e. The predicted molar refractivity (Wildman–Crippen MR) is 59.3 cm³/mol. The van der Waals surface area contributed by atoms with Gasteiger partial charge in [0.15, 0.2) is 0 Å². The van der Waals surface area contributed by atoms with Crippen molar-refractivity contribution in [2.45, 2.75) is 19.3 Å². The van der Waals surface area contributed by atoms with E-state index in [4.69, 9.17) is 10.2 Å². The van der Waals surface area contributed by atoms with Gasteiger partial charge in [-0.2, -0.15) is 0 Å². The van der Waals surface area contributed by atoms with Gasteiger partial charge in [-0.1, -0.05) is 12.1 Å². The number of hydrogen-bond acceptors (Lipinski definition) is 4. The standard InChI is InChI=1S/C11H15NO4/c13-6-1-2-10-4-3-9(5-7-14)8-11(10)12(15)16/h3-4,8,13-14H,1-2,5-7H2. The number of nitro benzene ring substituents is 1. The molecule has 1 aromatic rings. The van der Waals surface area contributed by atoms with Crippen LogP contribution in [0.15, 0.2) is 18.2 Å². The highest BCUT2D eigenvalue weighted by Gasteiger charge is 2.13. The minimum absolute atomic E-state index is 0.0207. The molecule has 0 amide bonds. The molecule has 0 radical (unpaired) electrons. The normalized spacial score (nSPS) is 10.4. The summed E-state index contributed by atoms with van der Waals surface area (Å²) in [6.45, 7) is 0.00267. The molecule has 0 spiro atoms. The van der Waals surface area contributed by atoms with Crippen LogP contribution in [0.3, 0.4) is 0 Å². The molecule has 2 N–H and O–H groups in total. The van der Waals surface area contributed by atoms with Gasteiger partial charge in [0.1, 0.15) is 0 Å². The maximum absolute atomic E-state index is 10.8. The fourth-order valence-corrected chi connectivity index (χ4v) is 1.54. The molecule has 88 valence electrons. The number of hydrogen-bond donors (Lipinski definition) is 2. The first-order chi connectivity index (χ1) is 7.69. The van der Waals surface area contributed by atoms with Crippen LogP contribution in [0.25, 0.3) is 0 Å². The maximum Gasteiger partial charge on any atom is 0.272 e. The monoisotopic (exact) mass is 225 g/mol. The second kappa shape index (κ2) is 6.19. The molecule has 0 saturated heterocycles.